The van der Waals surface area contributed by atoms with E-state index in [-0.39, 0.29) is 10.8 Å². The molecule has 0 amide bonds. The Morgan fingerprint density at radius 3 is 2.70 bits per heavy atom. The molecule has 5 rings (SSSR count). The minimum Gasteiger partial charge on any atom is -0.334 e. The van der Waals surface area contributed by atoms with Gasteiger partial charge in [-0.2, -0.15) is 10.1 Å². The highest BCUT2D eigenvalue weighted by molar-refractivity contribution is 7.90. The molecule has 0 spiro atoms. The number of allylic oxidation sites excluding steroid dienone is 4. The van der Waals surface area contributed by atoms with Crippen LogP contribution in [0.1, 0.15) is 57.2 Å². The second kappa shape index (κ2) is 8.74. The first-order valence-corrected chi connectivity index (χ1v) is 13.4. The van der Waals surface area contributed by atoms with Crippen LogP contribution < -0.4 is 0 Å². The maximum absolute atomic E-state index is 11.9. The van der Waals surface area contributed by atoms with Gasteiger partial charge in [0.25, 0.3) is 5.89 Å². The van der Waals surface area contributed by atoms with Gasteiger partial charge >= 0.3 is 0 Å². The van der Waals surface area contributed by atoms with Crippen LogP contribution in [-0.4, -0.2) is 34.6 Å². The minimum atomic E-state index is -3.33. The molecule has 0 N–H and O–H groups in total. The molecule has 33 heavy (non-hydrogen) atoms. The van der Waals surface area contributed by atoms with Gasteiger partial charge in [0, 0.05) is 11.8 Å². The van der Waals surface area contributed by atoms with Crippen molar-refractivity contribution >= 4 is 15.4 Å². The zero-order valence-corrected chi connectivity index (χ0v) is 19.8. The third-order valence-electron chi connectivity index (χ3n) is 6.48. The van der Waals surface area contributed by atoms with Crippen LogP contribution in [0, 0.1) is 5.92 Å². The number of hydrogen-bond donors (Lipinski definition) is 0. The van der Waals surface area contributed by atoms with Gasteiger partial charge in [0.05, 0.1) is 28.4 Å². The van der Waals surface area contributed by atoms with Crippen molar-refractivity contribution in [3.8, 4) is 22.8 Å². The zero-order valence-electron chi connectivity index (χ0n) is 18.9. The van der Waals surface area contributed by atoms with Crippen molar-refractivity contribution in [2.45, 2.75) is 56.4 Å². The fourth-order valence-corrected chi connectivity index (χ4v) is 5.30. The Hall–Kier alpha value is -3.00. The van der Waals surface area contributed by atoms with E-state index in [1.165, 1.54) is 25.5 Å². The molecule has 1 fully saturated rings. The van der Waals surface area contributed by atoms with Gasteiger partial charge in [-0.25, -0.2) is 8.42 Å². The number of rotatable bonds is 5. The summed E-state index contributed by atoms with van der Waals surface area (Å²) in [6.45, 7) is 2.21. The van der Waals surface area contributed by atoms with Crippen LogP contribution in [0.5, 0.6) is 0 Å². The van der Waals surface area contributed by atoms with Gasteiger partial charge in [0.15, 0.2) is 9.84 Å². The zero-order chi connectivity index (χ0) is 23.0. The molecule has 0 bridgehead atoms. The van der Waals surface area contributed by atoms with Crippen LogP contribution >= 0.6 is 0 Å². The lowest BCUT2D eigenvalue weighted by atomic mass is 9.93. The van der Waals surface area contributed by atoms with Crippen molar-refractivity contribution in [1.82, 2.24) is 19.9 Å². The highest BCUT2D eigenvalue weighted by atomic mass is 32.2. The first-order chi connectivity index (χ1) is 15.9. The fourth-order valence-electron chi connectivity index (χ4n) is 4.63. The lowest BCUT2D eigenvalue weighted by molar-refractivity contribution is 0.327. The number of nitrogens with zero attached hydrogens (tertiary/aromatic N) is 4. The summed E-state index contributed by atoms with van der Waals surface area (Å²) in [5.41, 5.74) is 3.57. The van der Waals surface area contributed by atoms with Crippen LogP contribution in [0.4, 0.5) is 0 Å². The smallest absolute Gasteiger partial charge is 0.258 e. The highest BCUT2D eigenvalue weighted by Crippen LogP contribution is 2.37. The van der Waals surface area contributed by atoms with E-state index in [4.69, 9.17) is 9.62 Å². The molecule has 2 aromatic heterocycles. The highest BCUT2D eigenvalue weighted by Gasteiger charge is 2.26. The van der Waals surface area contributed by atoms with Crippen LogP contribution in [0.3, 0.4) is 0 Å². The molecule has 172 valence electrons. The van der Waals surface area contributed by atoms with Gasteiger partial charge < -0.3 is 4.52 Å². The van der Waals surface area contributed by atoms with Crippen LogP contribution in [0.2, 0.25) is 0 Å². The monoisotopic (exact) mass is 464 g/mol. The quantitative estimate of drug-likeness (QED) is 0.496. The van der Waals surface area contributed by atoms with Gasteiger partial charge in [0.2, 0.25) is 5.82 Å². The molecule has 1 saturated carbocycles. The summed E-state index contributed by atoms with van der Waals surface area (Å²) in [6, 6.07) is 6.94. The van der Waals surface area contributed by atoms with E-state index in [9.17, 15) is 8.42 Å². The normalized spacial score (nSPS) is 19.6. The van der Waals surface area contributed by atoms with E-state index in [1.807, 2.05) is 6.20 Å². The van der Waals surface area contributed by atoms with Crippen molar-refractivity contribution in [3.63, 3.8) is 0 Å². The Morgan fingerprint density at radius 2 is 1.97 bits per heavy atom. The fraction of sp³-hybridized carbons (Fsp3) is 0.400. The first kappa shape index (κ1) is 21.8. The Labute approximate surface area is 194 Å². The van der Waals surface area contributed by atoms with Gasteiger partial charge in [-0.15, -0.1) is 0 Å². The van der Waals surface area contributed by atoms with Crippen molar-refractivity contribution in [2.24, 2.45) is 5.92 Å². The van der Waals surface area contributed by atoms with Crippen LogP contribution in [0.25, 0.3) is 28.4 Å². The lowest BCUT2D eigenvalue weighted by Gasteiger charge is -2.25. The second-order valence-electron chi connectivity index (χ2n) is 9.10. The first-order valence-electron chi connectivity index (χ1n) is 11.5. The third-order valence-corrected chi connectivity index (χ3v) is 7.59. The van der Waals surface area contributed by atoms with Crippen molar-refractivity contribution in [1.29, 1.82) is 0 Å². The minimum absolute atomic E-state index is 0.220. The molecular formula is C25H28N4O3S. The van der Waals surface area contributed by atoms with E-state index >= 15 is 0 Å². The molecule has 0 aliphatic heterocycles. The molecule has 8 heteroatoms. The van der Waals surface area contributed by atoms with E-state index in [1.54, 1.807) is 24.3 Å². The molecule has 7 nitrogen and oxygen atoms in total. The number of hydrogen-bond acceptors (Lipinski definition) is 6. The van der Waals surface area contributed by atoms with E-state index in [0.29, 0.717) is 23.3 Å². The number of aromatic nitrogens is 4. The summed E-state index contributed by atoms with van der Waals surface area (Å²) in [5, 5.41) is 9.02. The summed E-state index contributed by atoms with van der Waals surface area (Å²) in [6.07, 6.45) is 16.6. The molecule has 1 unspecified atom stereocenters. The van der Waals surface area contributed by atoms with E-state index in [2.05, 4.69) is 40.0 Å². The summed E-state index contributed by atoms with van der Waals surface area (Å²) < 4.78 is 31.6. The Kier molecular flexibility index (Phi) is 5.78. The van der Waals surface area contributed by atoms with Gasteiger partial charge in [-0.1, -0.05) is 55.6 Å². The Morgan fingerprint density at radius 1 is 1.15 bits per heavy atom. The van der Waals surface area contributed by atoms with Crippen molar-refractivity contribution < 1.29 is 12.9 Å². The summed E-state index contributed by atoms with van der Waals surface area (Å²) in [7, 11) is -3.33. The lowest BCUT2D eigenvalue weighted by Crippen LogP contribution is -2.16. The standard InChI is InChI=1S/C25H28N4O3S/c1-17-11-13-18(14-12-17)23-22(16-26-29(23)20-8-4-3-5-9-20)24-27-25(32-28-24)19-7-6-10-21(15-19)33(2,30)31/h6-7,10-11,13-17,20H,3-5,8-9,12H2,1-2H3. The molecule has 2 aliphatic carbocycles. The number of sulfone groups is 1. The van der Waals surface area contributed by atoms with Crippen molar-refractivity contribution in [2.75, 3.05) is 6.26 Å². The van der Waals surface area contributed by atoms with E-state index in [0.717, 1.165) is 36.1 Å². The topological polar surface area (TPSA) is 90.9 Å². The van der Waals surface area contributed by atoms with Crippen molar-refractivity contribution in [3.05, 3.63) is 54.4 Å². The summed E-state index contributed by atoms with van der Waals surface area (Å²) in [4.78, 5) is 4.85. The van der Waals surface area contributed by atoms with Crippen LogP contribution in [-0.2, 0) is 9.84 Å². The molecule has 1 aromatic carbocycles. The molecule has 2 aliphatic rings. The second-order valence-corrected chi connectivity index (χ2v) is 11.1. The molecule has 2 heterocycles. The molecule has 0 saturated heterocycles. The number of benzene rings is 1. The predicted octanol–water partition coefficient (Wildman–Crippen LogP) is 5.49. The van der Waals surface area contributed by atoms with Gasteiger partial charge in [-0.3, -0.25) is 4.68 Å². The third kappa shape index (κ3) is 4.44. The predicted molar refractivity (Wildman–Crippen MR) is 127 cm³/mol. The summed E-state index contributed by atoms with van der Waals surface area (Å²) in [5.74, 6) is 1.26. The Balaban J connectivity index is 1.56. The maximum Gasteiger partial charge on any atom is 0.258 e. The summed E-state index contributed by atoms with van der Waals surface area (Å²) >= 11 is 0. The largest absolute Gasteiger partial charge is 0.334 e. The molecule has 1 atom stereocenters. The molecule has 3 aromatic rings. The average molecular weight is 465 g/mol. The average Bonchev–Trinajstić information content (AvgIpc) is 3.47. The SMILES string of the molecule is CC1C=CC(c2c(-c3noc(-c4cccc(S(C)(=O)=O)c4)n3)cnn2C2CCCCC2)=CC1. The Bertz CT molecular complexity index is 1330. The van der Waals surface area contributed by atoms with Gasteiger partial charge in [0.1, 0.15) is 0 Å². The maximum atomic E-state index is 11.9. The van der Waals surface area contributed by atoms with Gasteiger partial charge in [-0.05, 0) is 49.0 Å². The van der Waals surface area contributed by atoms with Crippen LogP contribution in [0.15, 0.2) is 58.1 Å². The van der Waals surface area contributed by atoms with E-state index < -0.39 is 9.84 Å². The molecular weight excluding hydrogens is 436 g/mol. The molecule has 0 radical (unpaired) electrons.